The second-order valence-corrected chi connectivity index (χ2v) is 8.64. The molecule has 0 saturated heterocycles. The number of carbonyl (C=O) groups is 2. The van der Waals surface area contributed by atoms with Crippen molar-refractivity contribution in [3.05, 3.63) is 81.0 Å². The smallest absolute Gasteiger partial charge is 0.313 e. The Morgan fingerprint density at radius 2 is 1.97 bits per heavy atom. The lowest BCUT2D eigenvalue weighted by molar-refractivity contribution is -0.136. The number of hydrogen-bond donors (Lipinski definition) is 2. The molecule has 2 aromatic carbocycles. The summed E-state index contributed by atoms with van der Waals surface area (Å²) in [5.74, 6) is -1.37. The number of aryl methyl sites for hydroxylation is 1. The maximum absolute atomic E-state index is 12.5. The lowest BCUT2D eigenvalue weighted by Crippen LogP contribution is -2.41. The number of nitrogens with zero attached hydrogens (tertiary/aromatic N) is 1. The first-order valence-corrected chi connectivity index (χ1v) is 11.0. The fourth-order valence-corrected chi connectivity index (χ4v) is 4.72. The summed E-state index contributed by atoms with van der Waals surface area (Å²) >= 11 is 7.65. The van der Waals surface area contributed by atoms with Gasteiger partial charge in [0, 0.05) is 34.4 Å². The van der Waals surface area contributed by atoms with E-state index in [-0.39, 0.29) is 6.04 Å². The van der Waals surface area contributed by atoms with Gasteiger partial charge in [0.15, 0.2) is 0 Å². The highest BCUT2D eigenvalue weighted by Crippen LogP contribution is 2.36. The molecule has 0 aliphatic carbocycles. The molecule has 0 spiro atoms. The first-order chi connectivity index (χ1) is 14.5. The second-order valence-electron chi connectivity index (χ2n) is 7.23. The maximum Gasteiger partial charge on any atom is 0.313 e. The molecular weight excluding hydrogens is 418 g/mol. The molecule has 2 heterocycles. The number of rotatable bonds is 5. The molecule has 2 amide bonds. The minimum absolute atomic E-state index is 0.0293. The van der Waals surface area contributed by atoms with Crippen LogP contribution in [0.3, 0.4) is 0 Å². The van der Waals surface area contributed by atoms with E-state index in [1.54, 1.807) is 29.5 Å². The van der Waals surface area contributed by atoms with Gasteiger partial charge in [-0.05, 0) is 54.1 Å². The van der Waals surface area contributed by atoms with Crippen LogP contribution in [-0.4, -0.2) is 24.9 Å². The van der Waals surface area contributed by atoms with Crippen LogP contribution in [0.5, 0.6) is 0 Å². The normalized spacial score (nSPS) is 13.6. The Morgan fingerprint density at radius 3 is 2.77 bits per heavy atom. The van der Waals surface area contributed by atoms with Crippen LogP contribution in [0.1, 0.15) is 22.0 Å². The molecule has 154 valence electrons. The molecule has 30 heavy (non-hydrogen) atoms. The van der Waals surface area contributed by atoms with Crippen molar-refractivity contribution in [1.29, 1.82) is 0 Å². The molecular formula is C23H22ClN3O2S. The third-order valence-corrected chi connectivity index (χ3v) is 6.49. The molecule has 0 radical (unpaired) electrons. The van der Waals surface area contributed by atoms with Crippen molar-refractivity contribution >= 4 is 46.1 Å². The summed E-state index contributed by atoms with van der Waals surface area (Å²) < 4.78 is 0. The van der Waals surface area contributed by atoms with Crippen molar-refractivity contribution in [2.75, 3.05) is 23.3 Å². The zero-order valence-electron chi connectivity index (χ0n) is 16.5. The molecule has 1 aliphatic heterocycles. The Labute approximate surface area is 184 Å². The van der Waals surface area contributed by atoms with Gasteiger partial charge >= 0.3 is 11.8 Å². The van der Waals surface area contributed by atoms with E-state index in [1.807, 2.05) is 30.5 Å². The van der Waals surface area contributed by atoms with Crippen molar-refractivity contribution < 1.29 is 9.59 Å². The second kappa shape index (κ2) is 8.90. The number of thiophene rings is 1. The van der Waals surface area contributed by atoms with E-state index in [9.17, 15) is 9.59 Å². The number of carbonyl (C=O) groups excluding carboxylic acids is 2. The third kappa shape index (κ3) is 4.35. The number of amides is 2. The van der Waals surface area contributed by atoms with Gasteiger partial charge in [-0.1, -0.05) is 41.9 Å². The number of halogens is 1. The van der Waals surface area contributed by atoms with Crippen molar-refractivity contribution in [1.82, 2.24) is 5.32 Å². The molecule has 0 fully saturated rings. The predicted molar refractivity (Wildman–Crippen MR) is 122 cm³/mol. The molecule has 1 atom stereocenters. The monoisotopic (exact) mass is 439 g/mol. The van der Waals surface area contributed by atoms with Crippen LogP contribution in [0.15, 0.2) is 60.0 Å². The zero-order chi connectivity index (χ0) is 21.1. The van der Waals surface area contributed by atoms with E-state index < -0.39 is 11.8 Å². The van der Waals surface area contributed by atoms with Crippen molar-refractivity contribution in [3.63, 3.8) is 0 Å². The van der Waals surface area contributed by atoms with Crippen LogP contribution in [0, 0.1) is 6.92 Å². The molecule has 1 aliphatic rings. The lowest BCUT2D eigenvalue weighted by atomic mass is 10.1. The molecule has 1 unspecified atom stereocenters. The van der Waals surface area contributed by atoms with Gasteiger partial charge in [0.05, 0.1) is 6.04 Å². The molecule has 5 nitrogen and oxygen atoms in total. The Hall–Kier alpha value is -2.83. The highest BCUT2D eigenvalue weighted by atomic mass is 35.5. The van der Waals surface area contributed by atoms with Crippen molar-refractivity contribution in [3.8, 4) is 0 Å². The molecule has 2 N–H and O–H groups in total. The Morgan fingerprint density at radius 1 is 1.13 bits per heavy atom. The Balaban J connectivity index is 1.46. The topological polar surface area (TPSA) is 61.4 Å². The molecule has 0 saturated carbocycles. The van der Waals surface area contributed by atoms with Gasteiger partial charge < -0.3 is 15.5 Å². The number of nitrogens with one attached hydrogen (secondary N) is 2. The van der Waals surface area contributed by atoms with E-state index in [0.717, 1.165) is 23.4 Å². The first-order valence-electron chi connectivity index (χ1n) is 9.76. The van der Waals surface area contributed by atoms with E-state index >= 15 is 0 Å². The van der Waals surface area contributed by atoms with Crippen LogP contribution in [0.4, 0.5) is 11.4 Å². The summed E-state index contributed by atoms with van der Waals surface area (Å²) in [7, 11) is 0. The molecule has 3 aromatic rings. The summed E-state index contributed by atoms with van der Waals surface area (Å²) in [6.07, 6.45) is 0.973. The highest BCUT2D eigenvalue weighted by Gasteiger charge is 2.28. The third-order valence-electron chi connectivity index (χ3n) is 5.28. The van der Waals surface area contributed by atoms with Crippen molar-refractivity contribution in [2.24, 2.45) is 0 Å². The van der Waals surface area contributed by atoms with Gasteiger partial charge in [-0.15, -0.1) is 11.3 Å². The minimum Gasteiger partial charge on any atom is -0.361 e. The number of benzene rings is 2. The molecule has 0 bridgehead atoms. The summed E-state index contributed by atoms with van der Waals surface area (Å²) in [5, 5.41) is 7.99. The Bertz CT molecular complexity index is 1070. The average molecular weight is 440 g/mol. The number of hydrogen-bond acceptors (Lipinski definition) is 4. The van der Waals surface area contributed by atoms with Gasteiger partial charge in [0.1, 0.15) is 0 Å². The lowest BCUT2D eigenvalue weighted by Gasteiger charge is -2.30. The summed E-state index contributed by atoms with van der Waals surface area (Å²) in [6, 6.07) is 17.5. The number of para-hydroxylation sites is 1. The summed E-state index contributed by atoms with van der Waals surface area (Å²) in [4.78, 5) is 28.4. The van der Waals surface area contributed by atoms with E-state index in [2.05, 4.69) is 33.7 Å². The SMILES string of the molecule is Cc1ccc(Cl)cc1NC(=O)C(=O)NCC(c1cccs1)N1CCc2ccccc21. The van der Waals surface area contributed by atoms with E-state index in [1.165, 1.54) is 11.3 Å². The van der Waals surface area contributed by atoms with E-state index in [4.69, 9.17) is 11.6 Å². The average Bonchev–Trinajstić information content (AvgIpc) is 3.41. The summed E-state index contributed by atoms with van der Waals surface area (Å²) in [5.41, 5.74) is 3.86. The molecule has 4 rings (SSSR count). The summed E-state index contributed by atoms with van der Waals surface area (Å²) in [6.45, 7) is 3.07. The van der Waals surface area contributed by atoms with Crippen LogP contribution in [0.2, 0.25) is 5.02 Å². The number of anilines is 2. The predicted octanol–water partition coefficient (Wildman–Crippen LogP) is 4.57. The highest BCUT2D eigenvalue weighted by molar-refractivity contribution is 7.10. The largest absolute Gasteiger partial charge is 0.361 e. The van der Waals surface area contributed by atoms with Gasteiger partial charge in [-0.25, -0.2) is 0 Å². The van der Waals surface area contributed by atoms with Gasteiger partial charge in [-0.2, -0.15) is 0 Å². The standard InChI is InChI=1S/C23H22ClN3O2S/c1-15-8-9-17(24)13-18(15)26-23(29)22(28)25-14-20(21-7-4-12-30-21)27-11-10-16-5-2-3-6-19(16)27/h2-9,12-13,20H,10-11,14H2,1H3,(H,25,28)(H,26,29). The van der Waals surface area contributed by atoms with E-state index in [0.29, 0.717) is 17.3 Å². The minimum atomic E-state index is -0.702. The van der Waals surface area contributed by atoms with Gasteiger partial charge in [-0.3, -0.25) is 9.59 Å². The zero-order valence-corrected chi connectivity index (χ0v) is 18.1. The quantitative estimate of drug-likeness (QED) is 0.572. The van der Waals surface area contributed by atoms with Gasteiger partial charge in [0.2, 0.25) is 0 Å². The first kappa shape index (κ1) is 20.4. The molecule has 1 aromatic heterocycles. The number of fused-ring (bicyclic) bond motifs is 1. The van der Waals surface area contributed by atoms with Crippen molar-refractivity contribution in [2.45, 2.75) is 19.4 Å². The molecule has 7 heteroatoms. The fourth-order valence-electron chi connectivity index (χ4n) is 3.71. The maximum atomic E-state index is 12.5. The fraction of sp³-hybridized carbons (Fsp3) is 0.217. The van der Waals surface area contributed by atoms with Crippen LogP contribution < -0.4 is 15.5 Å². The van der Waals surface area contributed by atoms with Crippen LogP contribution in [-0.2, 0) is 16.0 Å². The Kier molecular flexibility index (Phi) is 6.06. The van der Waals surface area contributed by atoms with Crippen LogP contribution >= 0.6 is 22.9 Å². The van der Waals surface area contributed by atoms with Crippen LogP contribution in [0.25, 0.3) is 0 Å². The van der Waals surface area contributed by atoms with Gasteiger partial charge in [0.25, 0.3) is 0 Å².